The molecule has 1 amide bonds. The number of hydrogen-bond donors (Lipinski definition) is 1. The molecule has 1 N–H and O–H groups in total. The van der Waals surface area contributed by atoms with Crippen molar-refractivity contribution in [2.45, 2.75) is 31.5 Å². The molecule has 2 heterocycles. The molecule has 0 bridgehead atoms. The monoisotopic (exact) mass is 458 g/mol. The van der Waals surface area contributed by atoms with Gasteiger partial charge in [0.2, 0.25) is 5.91 Å². The zero-order valence-corrected chi connectivity index (χ0v) is 18.1. The summed E-state index contributed by atoms with van der Waals surface area (Å²) in [6.07, 6.45) is -1.87. The van der Waals surface area contributed by atoms with Crippen LogP contribution in [0, 0.1) is 11.8 Å². The Balaban J connectivity index is 1.62. The Morgan fingerprint density at radius 2 is 1.93 bits per heavy atom. The lowest BCUT2D eigenvalue weighted by molar-refractivity contribution is -0.137. The van der Waals surface area contributed by atoms with Gasteiger partial charge in [-0.15, -0.1) is 0 Å². The first-order valence-corrected chi connectivity index (χ1v) is 10.8. The number of alkyl halides is 3. The molecule has 162 valence electrons. The van der Waals surface area contributed by atoms with Gasteiger partial charge in [0.1, 0.15) is 17.2 Å². The van der Waals surface area contributed by atoms with Crippen molar-refractivity contribution in [1.82, 2.24) is 9.97 Å². The largest absolute Gasteiger partial charge is 0.416 e. The minimum Gasteiger partial charge on any atom is -0.356 e. The van der Waals surface area contributed by atoms with E-state index in [9.17, 15) is 18.0 Å². The molecule has 1 aromatic heterocycles. The van der Waals surface area contributed by atoms with E-state index in [-0.39, 0.29) is 16.5 Å². The van der Waals surface area contributed by atoms with Crippen LogP contribution in [0.5, 0.6) is 0 Å². The fourth-order valence-electron chi connectivity index (χ4n) is 3.55. The van der Waals surface area contributed by atoms with Crippen LogP contribution >= 0.6 is 23.4 Å². The highest BCUT2D eigenvalue weighted by atomic mass is 35.5. The molecule has 30 heavy (non-hydrogen) atoms. The average Bonchev–Trinajstić information content (AvgIpc) is 2.67. The third-order valence-corrected chi connectivity index (χ3v) is 5.99. The van der Waals surface area contributed by atoms with Crippen LogP contribution in [0.25, 0.3) is 0 Å². The Morgan fingerprint density at radius 1 is 1.23 bits per heavy atom. The van der Waals surface area contributed by atoms with E-state index in [0.717, 1.165) is 37.1 Å². The number of carbonyl (C=O) groups is 1. The van der Waals surface area contributed by atoms with Crippen molar-refractivity contribution in [2.75, 3.05) is 29.1 Å². The van der Waals surface area contributed by atoms with Crippen LogP contribution in [0.1, 0.15) is 25.8 Å². The van der Waals surface area contributed by atoms with Crippen molar-refractivity contribution >= 4 is 40.8 Å². The summed E-state index contributed by atoms with van der Waals surface area (Å²) < 4.78 is 38.6. The van der Waals surface area contributed by atoms with Crippen LogP contribution in [0.4, 0.5) is 24.7 Å². The third kappa shape index (κ3) is 6.01. The van der Waals surface area contributed by atoms with Crippen molar-refractivity contribution < 1.29 is 18.0 Å². The summed E-state index contributed by atoms with van der Waals surface area (Å²) in [5, 5.41) is 3.10. The molecule has 0 aliphatic carbocycles. The lowest BCUT2D eigenvalue weighted by Gasteiger charge is -2.35. The molecule has 0 saturated carbocycles. The molecular weight excluding hydrogens is 437 g/mol. The molecule has 0 unspecified atom stereocenters. The quantitative estimate of drug-likeness (QED) is 0.482. The Hall–Kier alpha value is -2.00. The Morgan fingerprint density at radius 3 is 2.60 bits per heavy atom. The van der Waals surface area contributed by atoms with Gasteiger partial charge < -0.3 is 10.2 Å². The summed E-state index contributed by atoms with van der Waals surface area (Å²) in [7, 11) is 0. The second kappa shape index (κ2) is 9.43. The summed E-state index contributed by atoms with van der Waals surface area (Å²) in [4.78, 5) is 23.0. The second-order valence-corrected chi connectivity index (χ2v) is 9.00. The van der Waals surface area contributed by atoms with Gasteiger partial charge in [-0.2, -0.15) is 13.2 Å². The predicted molar refractivity (Wildman–Crippen MR) is 113 cm³/mol. The molecule has 1 aliphatic rings. The topological polar surface area (TPSA) is 58.1 Å². The number of carbonyl (C=O) groups excluding carboxylic acids is 1. The van der Waals surface area contributed by atoms with E-state index in [0.29, 0.717) is 16.9 Å². The average molecular weight is 459 g/mol. The van der Waals surface area contributed by atoms with Gasteiger partial charge in [-0.3, -0.25) is 4.79 Å². The first-order chi connectivity index (χ1) is 14.1. The highest BCUT2D eigenvalue weighted by Gasteiger charge is 2.31. The van der Waals surface area contributed by atoms with E-state index in [4.69, 9.17) is 11.6 Å². The number of amides is 1. The Kier molecular flexibility index (Phi) is 7.13. The van der Waals surface area contributed by atoms with Crippen LogP contribution in [0.15, 0.2) is 35.6 Å². The van der Waals surface area contributed by atoms with E-state index in [2.05, 4.69) is 34.0 Å². The lowest BCUT2D eigenvalue weighted by atomic mass is 9.92. The van der Waals surface area contributed by atoms with Crippen LogP contribution in [-0.2, 0) is 11.0 Å². The molecule has 1 aliphatic heterocycles. The zero-order valence-electron chi connectivity index (χ0n) is 16.5. The molecule has 5 nitrogen and oxygen atoms in total. The van der Waals surface area contributed by atoms with E-state index in [1.165, 1.54) is 24.5 Å². The predicted octanol–water partition coefficient (Wildman–Crippen LogP) is 5.36. The SMILES string of the molecule is C[C@@H]1C[C@@H](C)CN(c2cc(SCC(=O)Nc3cc(C(F)(F)F)ccc3Cl)ncn2)C1. The fraction of sp³-hybridized carbons (Fsp3) is 0.450. The highest BCUT2D eigenvalue weighted by molar-refractivity contribution is 7.99. The normalized spacial score (nSPS) is 19.6. The highest BCUT2D eigenvalue weighted by Crippen LogP contribution is 2.34. The summed E-state index contributed by atoms with van der Waals surface area (Å²) in [6.45, 7) is 6.26. The maximum atomic E-state index is 12.9. The molecular formula is C20H22ClF3N4OS. The number of nitrogens with zero attached hydrogens (tertiary/aromatic N) is 3. The molecule has 0 spiro atoms. The number of rotatable bonds is 5. The Bertz CT molecular complexity index is 902. The van der Waals surface area contributed by atoms with Crippen LogP contribution in [-0.4, -0.2) is 34.7 Å². The maximum Gasteiger partial charge on any atom is 0.416 e. The lowest BCUT2D eigenvalue weighted by Crippen LogP contribution is -2.39. The minimum absolute atomic E-state index is 0.0180. The molecule has 3 rings (SSSR count). The molecule has 2 aromatic rings. The number of benzene rings is 1. The molecule has 10 heteroatoms. The van der Waals surface area contributed by atoms with E-state index >= 15 is 0 Å². The number of piperidine rings is 1. The summed E-state index contributed by atoms with van der Waals surface area (Å²) in [6, 6.07) is 4.65. The molecule has 1 fully saturated rings. The van der Waals surface area contributed by atoms with Gasteiger partial charge in [-0.05, 0) is 36.5 Å². The van der Waals surface area contributed by atoms with Gasteiger partial charge >= 0.3 is 6.18 Å². The number of aromatic nitrogens is 2. The summed E-state index contributed by atoms with van der Waals surface area (Å²) >= 11 is 7.11. The van der Waals surface area contributed by atoms with Crippen LogP contribution < -0.4 is 10.2 Å². The second-order valence-electron chi connectivity index (χ2n) is 7.59. The molecule has 0 radical (unpaired) electrons. The van der Waals surface area contributed by atoms with Crippen molar-refractivity contribution in [2.24, 2.45) is 11.8 Å². The number of hydrogen-bond acceptors (Lipinski definition) is 5. The van der Waals surface area contributed by atoms with E-state index in [1.807, 2.05) is 6.07 Å². The standard InChI is InChI=1S/C20H22ClF3N4OS/c1-12-5-13(2)9-28(8-12)17-7-19(26-11-25-17)30-10-18(29)27-16-6-14(20(22,23)24)3-4-15(16)21/h3-4,6-7,11-13H,5,8-10H2,1-2H3,(H,27,29)/t12-,13-/m1/s1. The third-order valence-electron chi connectivity index (χ3n) is 4.74. The van der Waals surface area contributed by atoms with Crippen molar-refractivity contribution in [3.8, 4) is 0 Å². The van der Waals surface area contributed by atoms with Crippen molar-refractivity contribution in [1.29, 1.82) is 0 Å². The van der Waals surface area contributed by atoms with Gasteiger partial charge in [0.05, 0.1) is 22.0 Å². The summed E-state index contributed by atoms with van der Waals surface area (Å²) in [5.41, 5.74) is -0.947. The van der Waals surface area contributed by atoms with E-state index < -0.39 is 17.6 Å². The smallest absolute Gasteiger partial charge is 0.356 e. The van der Waals surface area contributed by atoms with Gasteiger partial charge in [-0.1, -0.05) is 37.2 Å². The minimum atomic E-state index is -4.51. The van der Waals surface area contributed by atoms with Gasteiger partial charge in [0, 0.05) is 19.2 Å². The fourth-order valence-corrected chi connectivity index (χ4v) is 4.38. The van der Waals surface area contributed by atoms with E-state index in [1.54, 1.807) is 0 Å². The number of halogens is 4. The molecule has 1 aromatic carbocycles. The first kappa shape index (κ1) is 22.7. The van der Waals surface area contributed by atoms with Crippen LogP contribution in [0.2, 0.25) is 5.02 Å². The van der Waals surface area contributed by atoms with Gasteiger partial charge in [0.25, 0.3) is 0 Å². The van der Waals surface area contributed by atoms with Crippen molar-refractivity contribution in [3.05, 3.63) is 41.2 Å². The van der Waals surface area contributed by atoms with Crippen molar-refractivity contribution in [3.63, 3.8) is 0 Å². The van der Waals surface area contributed by atoms with Gasteiger partial charge in [-0.25, -0.2) is 9.97 Å². The zero-order chi connectivity index (χ0) is 21.9. The Labute approximate surface area is 182 Å². The number of nitrogens with one attached hydrogen (secondary N) is 1. The summed E-state index contributed by atoms with van der Waals surface area (Å²) in [5.74, 6) is 1.47. The number of thioether (sulfide) groups is 1. The molecule has 2 atom stereocenters. The first-order valence-electron chi connectivity index (χ1n) is 9.48. The van der Waals surface area contributed by atoms with Gasteiger partial charge in [0.15, 0.2) is 0 Å². The molecule has 1 saturated heterocycles. The van der Waals surface area contributed by atoms with Crippen LogP contribution in [0.3, 0.4) is 0 Å². The number of anilines is 2. The maximum absolute atomic E-state index is 12.9.